The molecule has 0 spiro atoms. The largest absolute Gasteiger partial charge is 0.490 e. The standard InChI is InChI=1S/C20H22BrN3O4S/c1-3-22-20(29)24-23-11-14-9-16(21)18(17(10-14)27-4-2)28-12-13-5-7-15(8-6-13)19(25)26/h5-11H,3-4,12H2,1-2H3,(H,25,26)(H2,22,24,29). The van der Waals surface area contributed by atoms with Crippen molar-refractivity contribution in [1.29, 1.82) is 0 Å². The van der Waals surface area contributed by atoms with E-state index in [1.54, 1.807) is 30.5 Å². The monoisotopic (exact) mass is 479 g/mol. The van der Waals surface area contributed by atoms with E-state index in [1.165, 1.54) is 0 Å². The zero-order chi connectivity index (χ0) is 21.2. The fourth-order valence-electron chi connectivity index (χ4n) is 2.33. The smallest absolute Gasteiger partial charge is 0.335 e. The molecule has 0 saturated carbocycles. The molecule has 0 heterocycles. The zero-order valence-corrected chi connectivity index (χ0v) is 18.5. The summed E-state index contributed by atoms with van der Waals surface area (Å²) >= 11 is 8.58. The molecule has 0 saturated heterocycles. The molecule has 7 nitrogen and oxygen atoms in total. The fraction of sp³-hybridized carbons (Fsp3) is 0.250. The lowest BCUT2D eigenvalue weighted by molar-refractivity contribution is 0.0697. The molecule has 2 aromatic rings. The first-order valence-electron chi connectivity index (χ1n) is 8.92. The number of halogens is 1. The molecule has 0 unspecified atom stereocenters. The molecule has 3 N–H and O–H groups in total. The minimum atomic E-state index is -0.961. The van der Waals surface area contributed by atoms with E-state index >= 15 is 0 Å². The van der Waals surface area contributed by atoms with Gasteiger partial charge in [-0.1, -0.05) is 12.1 Å². The summed E-state index contributed by atoms with van der Waals surface area (Å²) in [6.45, 7) is 5.29. The molecule has 0 aliphatic rings. The second-order valence-corrected chi connectivity index (χ2v) is 7.05. The highest BCUT2D eigenvalue weighted by atomic mass is 79.9. The van der Waals surface area contributed by atoms with E-state index in [0.717, 1.165) is 11.1 Å². The Kier molecular flexibility index (Phi) is 8.88. The number of rotatable bonds is 9. The van der Waals surface area contributed by atoms with Gasteiger partial charge in [0.05, 0.1) is 22.9 Å². The Bertz CT molecular complexity index is 888. The number of ether oxygens (including phenoxy) is 2. The Hall–Kier alpha value is -2.65. The van der Waals surface area contributed by atoms with Gasteiger partial charge in [-0.2, -0.15) is 5.10 Å². The van der Waals surface area contributed by atoms with Crippen molar-refractivity contribution in [3.8, 4) is 11.5 Å². The summed E-state index contributed by atoms with van der Waals surface area (Å²) in [5, 5.41) is 16.5. The van der Waals surface area contributed by atoms with Gasteiger partial charge in [0, 0.05) is 6.54 Å². The number of nitrogens with zero attached hydrogens (tertiary/aromatic N) is 1. The van der Waals surface area contributed by atoms with Crippen LogP contribution >= 0.6 is 28.1 Å². The van der Waals surface area contributed by atoms with Gasteiger partial charge in [0.25, 0.3) is 0 Å². The van der Waals surface area contributed by atoms with Gasteiger partial charge in [0.1, 0.15) is 6.61 Å². The molecular weight excluding hydrogens is 458 g/mol. The molecular formula is C20H22BrN3O4S. The lowest BCUT2D eigenvalue weighted by atomic mass is 10.1. The van der Waals surface area contributed by atoms with Crippen LogP contribution in [0.1, 0.15) is 35.3 Å². The maximum Gasteiger partial charge on any atom is 0.335 e. The number of nitrogens with one attached hydrogen (secondary N) is 2. The lowest BCUT2D eigenvalue weighted by Gasteiger charge is -2.15. The van der Waals surface area contributed by atoms with Crippen molar-refractivity contribution in [2.45, 2.75) is 20.5 Å². The Labute approximate surface area is 183 Å². The number of benzene rings is 2. The first kappa shape index (κ1) is 22.6. The first-order valence-corrected chi connectivity index (χ1v) is 10.1. The van der Waals surface area contributed by atoms with Gasteiger partial charge in [0.2, 0.25) is 0 Å². The summed E-state index contributed by atoms with van der Waals surface area (Å²) in [5.41, 5.74) is 4.61. The van der Waals surface area contributed by atoms with Crippen LogP contribution in [0.25, 0.3) is 0 Å². The quantitative estimate of drug-likeness (QED) is 0.285. The van der Waals surface area contributed by atoms with Gasteiger partial charge in [-0.3, -0.25) is 5.43 Å². The van der Waals surface area contributed by atoms with Crippen LogP contribution in [0.2, 0.25) is 0 Å². The molecule has 0 atom stereocenters. The van der Waals surface area contributed by atoms with Crippen LogP contribution in [0, 0.1) is 0 Å². The van der Waals surface area contributed by atoms with Crippen molar-refractivity contribution in [3.63, 3.8) is 0 Å². The summed E-state index contributed by atoms with van der Waals surface area (Å²) in [7, 11) is 0. The van der Waals surface area contributed by atoms with E-state index in [9.17, 15) is 4.79 Å². The van der Waals surface area contributed by atoms with Crippen LogP contribution in [-0.2, 0) is 6.61 Å². The number of carboxylic acid groups (broad SMARTS) is 1. The normalized spacial score (nSPS) is 10.6. The molecule has 0 amide bonds. The number of carbonyl (C=O) groups is 1. The highest BCUT2D eigenvalue weighted by molar-refractivity contribution is 9.10. The molecule has 2 rings (SSSR count). The highest BCUT2D eigenvalue weighted by Gasteiger charge is 2.12. The third-order valence-corrected chi connectivity index (χ3v) is 4.46. The average molecular weight is 480 g/mol. The predicted molar refractivity (Wildman–Crippen MR) is 120 cm³/mol. The average Bonchev–Trinajstić information content (AvgIpc) is 2.68. The van der Waals surface area contributed by atoms with E-state index in [0.29, 0.717) is 34.2 Å². The van der Waals surface area contributed by atoms with Crippen LogP contribution in [0.5, 0.6) is 11.5 Å². The summed E-state index contributed by atoms with van der Waals surface area (Å²) in [6, 6.07) is 10.2. The molecule has 0 bridgehead atoms. The van der Waals surface area contributed by atoms with Gasteiger partial charge < -0.3 is 19.9 Å². The van der Waals surface area contributed by atoms with Crippen LogP contribution in [-0.4, -0.2) is 35.6 Å². The zero-order valence-electron chi connectivity index (χ0n) is 16.1. The van der Waals surface area contributed by atoms with Crippen molar-refractivity contribution < 1.29 is 19.4 Å². The lowest BCUT2D eigenvalue weighted by Crippen LogP contribution is -2.31. The van der Waals surface area contributed by atoms with Gasteiger partial charge in [-0.25, -0.2) is 4.79 Å². The van der Waals surface area contributed by atoms with E-state index < -0.39 is 5.97 Å². The van der Waals surface area contributed by atoms with Crippen molar-refractivity contribution >= 4 is 45.4 Å². The van der Waals surface area contributed by atoms with Gasteiger partial charge in [0.15, 0.2) is 16.6 Å². The van der Waals surface area contributed by atoms with Crippen LogP contribution in [0.15, 0.2) is 46.0 Å². The Morgan fingerprint density at radius 1 is 1.24 bits per heavy atom. The number of carboxylic acids is 1. The molecule has 0 radical (unpaired) electrons. The number of hydrogen-bond donors (Lipinski definition) is 3. The predicted octanol–water partition coefficient (Wildman–Crippen LogP) is 3.94. The van der Waals surface area contributed by atoms with Gasteiger partial charge in [-0.05, 0) is 77.4 Å². The second-order valence-electron chi connectivity index (χ2n) is 5.78. The maximum atomic E-state index is 10.9. The number of aromatic carboxylic acids is 1. The third-order valence-electron chi connectivity index (χ3n) is 3.63. The van der Waals surface area contributed by atoms with E-state index in [-0.39, 0.29) is 12.2 Å². The number of hydrogen-bond acceptors (Lipinski definition) is 5. The minimum Gasteiger partial charge on any atom is -0.490 e. The summed E-state index contributed by atoms with van der Waals surface area (Å²) in [5.74, 6) is 0.166. The third kappa shape index (κ3) is 7.03. The van der Waals surface area contributed by atoms with Crippen LogP contribution in [0.3, 0.4) is 0 Å². The second kappa shape index (κ2) is 11.4. The minimum absolute atomic E-state index is 0.232. The van der Waals surface area contributed by atoms with Gasteiger partial charge in [-0.15, -0.1) is 0 Å². The molecule has 29 heavy (non-hydrogen) atoms. The van der Waals surface area contributed by atoms with E-state index in [2.05, 4.69) is 31.8 Å². The highest BCUT2D eigenvalue weighted by Crippen LogP contribution is 2.37. The van der Waals surface area contributed by atoms with Gasteiger partial charge >= 0.3 is 5.97 Å². The van der Waals surface area contributed by atoms with Crippen LogP contribution < -0.4 is 20.2 Å². The Morgan fingerprint density at radius 2 is 1.97 bits per heavy atom. The molecule has 2 aromatic carbocycles. The van der Waals surface area contributed by atoms with E-state index in [4.69, 9.17) is 26.8 Å². The SMILES string of the molecule is CCNC(=S)NN=Cc1cc(Br)c(OCc2ccc(C(=O)O)cc2)c(OCC)c1. The van der Waals surface area contributed by atoms with Crippen molar-refractivity contribution in [3.05, 3.63) is 57.6 Å². The molecule has 0 aliphatic carbocycles. The van der Waals surface area contributed by atoms with Crippen molar-refractivity contribution in [1.82, 2.24) is 10.7 Å². The first-order chi connectivity index (χ1) is 13.9. The van der Waals surface area contributed by atoms with Crippen molar-refractivity contribution in [2.75, 3.05) is 13.2 Å². The Balaban J connectivity index is 2.13. The molecule has 0 fully saturated rings. The summed E-state index contributed by atoms with van der Waals surface area (Å²) in [6.07, 6.45) is 1.63. The van der Waals surface area contributed by atoms with Crippen LogP contribution in [0.4, 0.5) is 0 Å². The molecule has 9 heteroatoms. The molecule has 154 valence electrons. The number of thiocarbonyl (C=S) groups is 1. The molecule has 0 aliphatic heterocycles. The van der Waals surface area contributed by atoms with Crippen molar-refractivity contribution in [2.24, 2.45) is 5.10 Å². The summed E-state index contributed by atoms with van der Waals surface area (Å²) < 4.78 is 12.3. The van der Waals surface area contributed by atoms with E-state index in [1.807, 2.05) is 26.0 Å². The topological polar surface area (TPSA) is 92.2 Å². The maximum absolute atomic E-state index is 10.9. The Morgan fingerprint density at radius 3 is 2.59 bits per heavy atom. The summed E-state index contributed by atoms with van der Waals surface area (Å²) in [4.78, 5) is 10.9. The fourth-order valence-corrected chi connectivity index (χ4v) is 3.10. The number of hydrazone groups is 1. The molecule has 0 aromatic heterocycles.